The molecule has 9 aromatic heterocycles. The Hall–Kier alpha value is -18.7. The minimum Gasteiger partial charge on any atom is -0.284 e. The lowest BCUT2D eigenvalue weighted by Gasteiger charge is -2.30. The molecule has 2 spiro atoms. The van der Waals surface area contributed by atoms with Crippen LogP contribution in [-0.4, -0.2) is 43.1 Å². The Morgan fingerprint density at radius 2 is 0.444 bits per heavy atom. The number of nitrogens with zero attached hydrogens (tertiary/aromatic N) is 9. The maximum Gasteiger partial charge on any atom is 0.165 e. The van der Waals surface area contributed by atoms with Gasteiger partial charge in [-0.15, -0.1) is 0 Å². The first-order chi connectivity index (χ1) is 71.2. The van der Waals surface area contributed by atoms with Crippen molar-refractivity contribution in [1.29, 1.82) is 0 Å². The molecule has 0 radical (unpaired) electrons. The lowest BCUT2D eigenvalue weighted by Crippen LogP contribution is -2.25. The smallest absolute Gasteiger partial charge is 0.165 e. The van der Waals surface area contributed by atoms with E-state index in [1.807, 2.05) is 73.2 Å². The van der Waals surface area contributed by atoms with Crippen LogP contribution in [0.3, 0.4) is 0 Å². The van der Waals surface area contributed by atoms with Gasteiger partial charge in [0, 0.05) is 73.0 Å². The second kappa shape index (κ2) is 31.2. The molecule has 0 aliphatic heterocycles. The molecule has 18 aromatic carbocycles. The summed E-state index contributed by atoms with van der Waals surface area (Å²) in [6.45, 7) is 4.71. The van der Waals surface area contributed by atoms with Crippen LogP contribution in [0.4, 0.5) is 0 Å². The van der Waals surface area contributed by atoms with Crippen molar-refractivity contribution in [3.8, 4) is 134 Å². The molecular formula is C135H85N9. The summed E-state index contributed by atoms with van der Waals surface area (Å²) in [7, 11) is 0. The highest BCUT2D eigenvalue weighted by Crippen LogP contribution is 2.66. The number of fused-ring (bicyclic) bond motifs is 40. The van der Waals surface area contributed by atoms with Crippen molar-refractivity contribution in [2.24, 2.45) is 0 Å². The van der Waals surface area contributed by atoms with Gasteiger partial charge in [-0.1, -0.05) is 408 Å². The van der Waals surface area contributed by atoms with E-state index in [1.54, 1.807) is 0 Å². The highest BCUT2D eigenvalue weighted by atomic mass is 15.1. The summed E-state index contributed by atoms with van der Waals surface area (Å²) in [6, 6.07) is 168. The summed E-state index contributed by atoms with van der Waals surface area (Å²) in [4.78, 5) is 30.6. The van der Waals surface area contributed by atoms with Gasteiger partial charge in [-0.3, -0.25) is 13.2 Å². The van der Waals surface area contributed by atoms with E-state index in [4.69, 9.17) is 29.9 Å². The number of pyridine rings is 6. The summed E-state index contributed by atoms with van der Waals surface area (Å²) in [5.74, 6) is 0. The van der Waals surface area contributed by atoms with E-state index in [2.05, 4.69) is 433 Å². The van der Waals surface area contributed by atoms with Crippen LogP contribution in [0.2, 0.25) is 0 Å². The zero-order valence-electron chi connectivity index (χ0n) is 78.6. The first-order valence-corrected chi connectivity index (χ1v) is 49.6. The van der Waals surface area contributed by atoms with E-state index in [1.165, 1.54) is 161 Å². The first kappa shape index (κ1) is 81.3. The number of imidazole rings is 3. The third kappa shape index (κ3) is 11.7. The molecule has 27 aromatic rings. The van der Waals surface area contributed by atoms with E-state index < -0.39 is 0 Å². The molecule has 670 valence electrons. The zero-order valence-corrected chi connectivity index (χ0v) is 78.6. The van der Waals surface area contributed by atoms with Crippen LogP contribution in [0.1, 0.15) is 69.5 Å². The number of hydrogen-bond donors (Lipinski definition) is 0. The van der Waals surface area contributed by atoms with E-state index in [0.717, 1.165) is 122 Å². The molecule has 0 unspecified atom stereocenters. The predicted molar refractivity (Wildman–Crippen MR) is 590 cm³/mol. The number of rotatable bonds is 7. The second-order valence-corrected chi connectivity index (χ2v) is 39.3. The topological polar surface area (TPSA) is 90.6 Å². The largest absolute Gasteiger partial charge is 0.284 e. The zero-order chi connectivity index (χ0) is 94.8. The average molecular weight is 1830 g/mol. The second-order valence-electron chi connectivity index (χ2n) is 39.3. The highest BCUT2D eigenvalue weighted by Gasteiger charge is 2.54. The summed E-state index contributed by atoms with van der Waals surface area (Å²) in [5, 5.41) is 9.27. The monoisotopic (exact) mass is 1830 g/mol. The Morgan fingerprint density at radius 3 is 0.840 bits per heavy atom. The molecule has 0 saturated carbocycles. The van der Waals surface area contributed by atoms with Crippen molar-refractivity contribution >= 4 is 93.5 Å². The van der Waals surface area contributed by atoms with Crippen molar-refractivity contribution in [2.45, 2.75) is 30.1 Å². The summed E-state index contributed by atoms with van der Waals surface area (Å²) < 4.78 is 6.25. The van der Waals surface area contributed by atoms with Gasteiger partial charge in [0.15, 0.2) is 16.9 Å². The molecule has 9 heteroatoms. The number of hydrogen-bond acceptors (Lipinski definition) is 6. The van der Waals surface area contributed by atoms with Gasteiger partial charge in [0.1, 0.15) is 33.5 Å². The summed E-state index contributed by atoms with van der Waals surface area (Å²) >= 11 is 0. The van der Waals surface area contributed by atoms with Gasteiger partial charge in [-0.05, 0) is 233 Å². The first-order valence-electron chi connectivity index (χ1n) is 49.6. The minimum atomic E-state index is -0.363. The third-order valence-electron chi connectivity index (χ3n) is 31.7. The number of benzene rings is 18. The van der Waals surface area contributed by atoms with Gasteiger partial charge in [-0.2, -0.15) is 0 Å². The fourth-order valence-corrected chi connectivity index (χ4v) is 25.4. The Bertz CT molecular complexity index is 10000. The lowest BCUT2D eigenvalue weighted by molar-refractivity contribution is 0.661. The SMILES string of the molecule is CC1(C)c2ccccc2-c2c1cc(-c1ccc(-c3nc4c(nc5ccccn54)c4ccccc34)cc1)c1ccccc21.c1cc(-c2ccc(-c3ccc4c(c3)C3(c5ccccc5-c5ccccc53)c3ccccc3-4)cc2)cc(-c2nc3c(nc4ccccn43)c3ccccc23)c1.c1cc(-c2ccc3c(c2)C2(c4ccccc4-c4ccccc42)c2ccccc2-3)cc(-c2nc3c(nc4ccccn43)c3ccccc23)c1. The van der Waals surface area contributed by atoms with Crippen LogP contribution in [0.5, 0.6) is 0 Å². The molecule has 9 nitrogen and oxygen atoms in total. The molecule has 0 atom stereocenters. The summed E-state index contributed by atoms with van der Waals surface area (Å²) in [6.07, 6.45) is 6.13. The van der Waals surface area contributed by atoms with Crippen LogP contribution in [-0.2, 0) is 16.2 Å². The Labute approximate surface area is 830 Å². The maximum absolute atomic E-state index is 5.29. The molecule has 0 N–H and O–H groups in total. The minimum absolute atomic E-state index is 0.0586. The van der Waals surface area contributed by atoms with E-state index in [-0.39, 0.29) is 16.2 Å². The normalized spacial score (nSPS) is 13.5. The van der Waals surface area contributed by atoms with Crippen LogP contribution in [0, 0.1) is 0 Å². The lowest BCUT2D eigenvalue weighted by atomic mass is 9.70. The van der Waals surface area contributed by atoms with Gasteiger partial charge in [0.05, 0.1) is 27.9 Å². The molecule has 32 rings (SSSR count). The predicted octanol–water partition coefficient (Wildman–Crippen LogP) is 32.9. The highest BCUT2D eigenvalue weighted by molar-refractivity contribution is 6.14. The molecular weight excluding hydrogens is 1750 g/mol. The molecule has 0 amide bonds. The molecule has 0 fully saturated rings. The Morgan fingerprint density at radius 1 is 0.167 bits per heavy atom. The Kier molecular flexibility index (Phi) is 17.6. The van der Waals surface area contributed by atoms with Crippen molar-refractivity contribution in [3.05, 3.63) is 535 Å². The number of aromatic nitrogens is 9. The van der Waals surface area contributed by atoms with Gasteiger partial charge in [0.25, 0.3) is 0 Å². The quantitative estimate of drug-likeness (QED) is 0.158. The van der Waals surface area contributed by atoms with Crippen molar-refractivity contribution in [3.63, 3.8) is 0 Å². The molecule has 5 aliphatic rings. The molecule has 144 heavy (non-hydrogen) atoms. The fraction of sp³-hybridized carbons (Fsp3) is 0.0370. The third-order valence-corrected chi connectivity index (χ3v) is 31.7. The van der Waals surface area contributed by atoms with Gasteiger partial charge in [0.2, 0.25) is 0 Å². The van der Waals surface area contributed by atoms with E-state index >= 15 is 0 Å². The molecule has 0 bridgehead atoms. The molecule has 0 saturated heterocycles. The van der Waals surface area contributed by atoms with Gasteiger partial charge < -0.3 is 0 Å². The van der Waals surface area contributed by atoms with Crippen LogP contribution >= 0.6 is 0 Å². The van der Waals surface area contributed by atoms with Crippen LogP contribution in [0.15, 0.2) is 480 Å². The van der Waals surface area contributed by atoms with Gasteiger partial charge >= 0.3 is 0 Å². The van der Waals surface area contributed by atoms with Crippen LogP contribution < -0.4 is 0 Å². The maximum atomic E-state index is 5.29. The average Bonchev–Trinajstić information content (AvgIpc) is 1.51. The Balaban J connectivity index is 0.000000101. The van der Waals surface area contributed by atoms with Crippen molar-refractivity contribution in [1.82, 2.24) is 43.1 Å². The molecule has 9 heterocycles. The van der Waals surface area contributed by atoms with Crippen LogP contribution in [0.25, 0.3) is 227 Å². The van der Waals surface area contributed by atoms with E-state index in [0.29, 0.717) is 0 Å². The summed E-state index contributed by atoms with van der Waals surface area (Å²) in [5.41, 5.74) is 50.1. The van der Waals surface area contributed by atoms with E-state index in [9.17, 15) is 0 Å². The standard InChI is InChI=1S/C51H31N3.C45H27N3.C39H27N3/c1-2-18-42-41(17-1)48(53-50-49(42)52-47-22-9-10-29-54(47)50)36-13-11-12-34(30-36)32-23-25-33(26-24-32)35-27-28-40-39-16-5-8-21-45(39)51(46(40)31-35)43-19-6-3-14-37(43)38-15-4-7-20-44(38)51;1-2-18-36-35(17-1)42(47-44-43(36)46-41-22-9-10-25-48(41)44)30-13-11-12-28(26-30)29-23-24-34-33-16-5-8-21-39(33)45(40(34)27-29)37-19-6-3-14-31(37)32-15-4-7-20-38(32)45;1-39(2)32-16-8-7-15-30(32)35-27-12-4-3-11-26(27)31(23-33(35)39)24-18-20-25(21-19-24)36-28-13-5-6-14-29(28)37-38(41-36)42-22-10-9-17-34(42)40-37/h1-31H;1-27H;3-23H,1-2H3. The molecule has 5 aliphatic carbocycles. The van der Waals surface area contributed by atoms with Crippen molar-refractivity contribution in [2.75, 3.05) is 0 Å². The van der Waals surface area contributed by atoms with Gasteiger partial charge in [-0.25, -0.2) is 29.9 Å². The van der Waals surface area contributed by atoms with Crippen molar-refractivity contribution < 1.29 is 0 Å². The fourth-order valence-electron chi connectivity index (χ4n) is 25.4.